The van der Waals surface area contributed by atoms with Gasteiger partial charge in [0.25, 0.3) is 0 Å². The van der Waals surface area contributed by atoms with Crippen LogP contribution in [0.15, 0.2) is 42.5 Å². The number of rotatable bonds is 4. The number of carbonyl (C=O) groups excluding carboxylic acids is 1. The van der Waals surface area contributed by atoms with Gasteiger partial charge in [0.15, 0.2) is 0 Å². The van der Waals surface area contributed by atoms with Crippen LogP contribution in [0.1, 0.15) is 42.9 Å². The van der Waals surface area contributed by atoms with Crippen LogP contribution in [0.5, 0.6) is 5.75 Å². The molecule has 2 heterocycles. The third-order valence-corrected chi connectivity index (χ3v) is 6.17. The van der Waals surface area contributed by atoms with E-state index in [2.05, 4.69) is 22.3 Å². The van der Waals surface area contributed by atoms with Crippen molar-refractivity contribution in [1.82, 2.24) is 10.2 Å². The molecule has 1 amide bonds. The largest absolute Gasteiger partial charge is 0.497 e. The molecule has 0 radical (unpaired) electrons. The summed E-state index contributed by atoms with van der Waals surface area (Å²) in [5, 5.41) is 3.33. The Bertz CT molecular complexity index is 858. The Balaban J connectivity index is 1.65. The van der Waals surface area contributed by atoms with Gasteiger partial charge >= 0.3 is 0 Å². The van der Waals surface area contributed by atoms with E-state index in [0.717, 1.165) is 30.6 Å². The van der Waals surface area contributed by atoms with Crippen LogP contribution < -0.4 is 10.1 Å². The molecule has 4 nitrogen and oxygen atoms in total. The zero-order valence-electron chi connectivity index (χ0n) is 15.8. The van der Waals surface area contributed by atoms with Crippen molar-refractivity contribution in [2.75, 3.05) is 7.11 Å². The lowest BCUT2D eigenvalue weighted by Crippen LogP contribution is -2.42. The van der Waals surface area contributed by atoms with Crippen molar-refractivity contribution >= 4 is 17.5 Å². The molecule has 2 aliphatic heterocycles. The predicted octanol–water partition coefficient (Wildman–Crippen LogP) is 4.47. The van der Waals surface area contributed by atoms with Crippen LogP contribution >= 0.6 is 11.6 Å². The molecule has 148 valence electrons. The summed E-state index contributed by atoms with van der Waals surface area (Å²) in [6.45, 7) is 0.613. The minimum Gasteiger partial charge on any atom is -0.497 e. The van der Waals surface area contributed by atoms with Gasteiger partial charge in [0.05, 0.1) is 12.1 Å². The maximum absolute atomic E-state index is 14.0. The van der Waals surface area contributed by atoms with Crippen LogP contribution in [0.25, 0.3) is 0 Å². The molecule has 0 bridgehead atoms. The van der Waals surface area contributed by atoms with Crippen LogP contribution in [0, 0.1) is 5.82 Å². The Morgan fingerprint density at radius 1 is 1.25 bits per heavy atom. The first kappa shape index (κ1) is 19.2. The molecule has 4 rings (SSSR count). The number of nitrogens with zero attached hydrogens (tertiary/aromatic N) is 1. The van der Waals surface area contributed by atoms with Gasteiger partial charge in [-0.1, -0.05) is 29.8 Å². The van der Waals surface area contributed by atoms with Gasteiger partial charge in [-0.2, -0.15) is 0 Å². The van der Waals surface area contributed by atoms with Gasteiger partial charge in [0, 0.05) is 31.1 Å². The lowest BCUT2D eigenvalue weighted by molar-refractivity contribution is -0.121. The smallest absolute Gasteiger partial charge is 0.220 e. The Kier molecular flexibility index (Phi) is 5.56. The van der Waals surface area contributed by atoms with Gasteiger partial charge in [-0.05, 0) is 54.7 Å². The molecular formula is C22H24ClFN2O2. The van der Waals surface area contributed by atoms with Crippen molar-refractivity contribution in [3.8, 4) is 5.75 Å². The van der Waals surface area contributed by atoms with E-state index in [1.807, 2.05) is 18.2 Å². The molecule has 2 saturated heterocycles. The highest BCUT2D eigenvalue weighted by Gasteiger charge is 2.43. The fourth-order valence-corrected chi connectivity index (χ4v) is 4.62. The lowest BCUT2D eigenvalue weighted by atomic mass is 10.0. The topological polar surface area (TPSA) is 41.6 Å². The molecule has 6 heteroatoms. The molecule has 2 fully saturated rings. The summed E-state index contributed by atoms with van der Waals surface area (Å²) in [4.78, 5) is 14.5. The van der Waals surface area contributed by atoms with Gasteiger partial charge in [0.2, 0.25) is 5.91 Å². The number of halogens is 2. The van der Waals surface area contributed by atoms with Gasteiger partial charge < -0.3 is 10.1 Å². The molecule has 0 aromatic heterocycles. The summed E-state index contributed by atoms with van der Waals surface area (Å²) < 4.78 is 19.3. The first-order valence-corrected chi connectivity index (χ1v) is 10.1. The molecular weight excluding hydrogens is 379 g/mol. The van der Waals surface area contributed by atoms with Crippen molar-refractivity contribution in [1.29, 1.82) is 0 Å². The molecule has 28 heavy (non-hydrogen) atoms. The number of hydrogen-bond acceptors (Lipinski definition) is 3. The Labute approximate surface area is 169 Å². The zero-order valence-corrected chi connectivity index (χ0v) is 16.6. The number of methoxy groups -OCH3 is 1. The maximum atomic E-state index is 14.0. The van der Waals surface area contributed by atoms with Crippen LogP contribution in [0.3, 0.4) is 0 Å². The molecule has 2 aliphatic rings. The number of likely N-dealkylation sites (tertiary alicyclic amines) is 1. The number of hydrogen-bond donors (Lipinski definition) is 1. The molecule has 3 atom stereocenters. The van der Waals surface area contributed by atoms with Crippen LogP contribution in [0.4, 0.5) is 4.39 Å². The van der Waals surface area contributed by atoms with Crippen LogP contribution in [-0.2, 0) is 11.3 Å². The minimum atomic E-state index is -0.398. The third-order valence-electron chi connectivity index (χ3n) is 5.87. The number of fused-ring (bicyclic) bond motifs is 1. The molecule has 1 N–H and O–H groups in total. The van der Waals surface area contributed by atoms with Crippen molar-refractivity contribution < 1.29 is 13.9 Å². The number of ether oxygens (including phenoxy) is 1. The van der Waals surface area contributed by atoms with Gasteiger partial charge in [-0.25, -0.2) is 4.39 Å². The highest BCUT2D eigenvalue weighted by atomic mass is 35.5. The van der Waals surface area contributed by atoms with E-state index in [0.29, 0.717) is 13.0 Å². The third kappa shape index (κ3) is 3.87. The average Bonchev–Trinajstić information content (AvgIpc) is 2.90. The molecule has 0 unspecified atom stereocenters. The van der Waals surface area contributed by atoms with Crippen molar-refractivity contribution in [2.24, 2.45) is 0 Å². The van der Waals surface area contributed by atoms with Crippen molar-refractivity contribution in [2.45, 2.75) is 50.4 Å². The average molecular weight is 403 g/mol. The number of amides is 1. The summed E-state index contributed by atoms with van der Waals surface area (Å²) in [5.74, 6) is 0.543. The van der Waals surface area contributed by atoms with E-state index in [4.69, 9.17) is 16.3 Å². The van der Waals surface area contributed by atoms with Crippen molar-refractivity contribution in [3.05, 3.63) is 64.4 Å². The molecule has 2 aromatic carbocycles. The van der Waals surface area contributed by atoms with E-state index in [1.165, 1.54) is 11.6 Å². The molecule has 0 spiro atoms. The molecule has 0 aliphatic carbocycles. The highest BCUT2D eigenvalue weighted by molar-refractivity contribution is 6.30. The highest BCUT2D eigenvalue weighted by Crippen LogP contribution is 2.41. The predicted molar refractivity (Wildman–Crippen MR) is 107 cm³/mol. The summed E-state index contributed by atoms with van der Waals surface area (Å²) >= 11 is 5.85. The summed E-state index contributed by atoms with van der Waals surface area (Å²) in [7, 11) is 1.65. The Morgan fingerprint density at radius 3 is 2.75 bits per heavy atom. The second-order valence-electron chi connectivity index (χ2n) is 7.58. The van der Waals surface area contributed by atoms with Crippen LogP contribution in [0.2, 0.25) is 5.02 Å². The zero-order chi connectivity index (χ0) is 19.7. The number of carbonyl (C=O) groups is 1. The maximum Gasteiger partial charge on any atom is 0.220 e. The minimum absolute atomic E-state index is 0.110. The monoisotopic (exact) mass is 402 g/mol. The molecule has 0 saturated carbocycles. The quantitative estimate of drug-likeness (QED) is 0.820. The fraction of sp³-hybridized carbons (Fsp3) is 0.409. The SMILES string of the molecule is COc1ccc([C@H]2C[C@@H]3NC(=O)CCC[C@H]3N2Cc2ccc(Cl)c(F)c2)cc1. The van der Waals surface area contributed by atoms with Gasteiger partial charge in [0.1, 0.15) is 11.6 Å². The molecule has 2 aromatic rings. The normalized spacial score (nSPS) is 25.1. The summed E-state index contributed by atoms with van der Waals surface area (Å²) in [5.41, 5.74) is 2.06. The van der Waals surface area contributed by atoms with Crippen LogP contribution in [-0.4, -0.2) is 30.0 Å². The lowest BCUT2D eigenvalue weighted by Gasteiger charge is -2.31. The number of benzene rings is 2. The Morgan fingerprint density at radius 2 is 2.04 bits per heavy atom. The van der Waals surface area contributed by atoms with Gasteiger partial charge in [-0.3, -0.25) is 9.69 Å². The second-order valence-corrected chi connectivity index (χ2v) is 7.99. The van der Waals surface area contributed by atoms with E-state index in [-0.39, 0.29) is 29.1 Å². The van der Waals surface area contributed by atoms with E-state index >= 15 is 0 Å². The van der Waals surface area contributed by atoms with Gasteiger partial charge in [-0.15, -0.1) is 0 Å². The first-order chi connectivity index (χ1) is 13.5. The van der Waals surface area contributed by atoms with E-state index in [1.54, 1.807) is 13.2 Å². The fourth-order valence-electron chi connectivity index (χ4n) is 4.50. The van der Waals surface area contributed by atoms with Crippen molar-refractivity contribution in [3.63, 3.8) is 0 Å². The number of nitrogens with one attached hydrogen (secondary N) is 1. The summed E-state index contributed by atoms with van der Waals surface area (Å²) in [6, 6.07) is 13.6. The first-order valence-electron chi connectivity index (χ1n) is 9.68. The second kappa shape index (κ2) is 8.10. The van der Waals surface area contributed by atoms with E-state index < -0.39 is 5.82 Å². The Hall–Kier alpha value is -2.11. The summed E-state index contributed by atoms with van der Waals surface area (Å²) in [6.07, 6.45) is 3.24. The standard InChI is InChI=1S/C22H24ClFN2O2/c1-28-16-8-6-15(7-9-16)21-12-19-20(3-2-4-22(27)25-19)26(21)13-14-5-10-17(23)18(24)11-14/h5-11,19-21H,2-4,12-13H2,1H3,(H,25,27)/t19-,20+,21+/m0/s1. The van der Waals surface area contributed by atoms with E-state index in [9.17, 15) is 9.18 Å².